The van der Waals surface area contributed by atoms with Crippen molar-refractivity contribution in [3.63, 3.8) is 0 Å². The number of rotatable bonds is 6. The predicted octanol–water partition coefficient (Wildman–Crippen LogP) is 4.68. The average molecular weight is 317 g/mol. The summed E-state index contributed by atoms with van der Waals surface area (Å²) in [4.78, 5) is 17.4. The summed E-state index contributed by atoms with van der Waals surface area (Å²) in [6.07, 6.45) is 1.41. The first-order valence-electron chi connectivity index (χ1n) is 7.63. The van der Waals surface area contributed by atoms with Crippen molar-refractivity contribution in [1.29, 1.82) is 0 Å². The second kappa shape index (κ2) is 7.40. The van der Waals surface area contributed by atoms with Gasteiger partial charge in [0.1, 0.15) is 0 Å². The van der Waals surface area contributed by atoms with Crippen LogP contribution in [0.15, 0.2) is 24.3 Å². The summed E-state index contributed by atoms with van der Waals surface area (Å²) in [7, 11) is 0. The van der Waals surface area contributed by atoms with Crippen LogP contribution in [0.25, 0.3) is 11.3 Å². The van der Waals surface area contributed by atoms with Crippen molar-refractivity contribution in [2.24, 2.45) is 0 Å². The number of benzene rings is 1. The van der Waals surface area contributed by atoms with Crippen molar-refractivity contribution in [3.05, 3.63) is 29.1 Å². The Kier molecular flexibility index (Phi) is 5.55. The molecular formula is C17H23N3OS. The molecule has 0 aliphatic rings. The number of hydrogen-bond acceptors (Lipinski definition) is 4. The van der Waals surface area contributed by atoms with Crippen LogP contribution in [0.4, 0.5) is 10.8 Å². The molecule has 118 valence electrons. The molecule has 0 aliphatic carbocycles. The third-order valence-electron chi connectivity index (χ3n) is 3.13. The number of carbonyl (C=O) groups excluding carboxylic acids is 1. The molecule has 1 aromatic heterocycles. The Morgan fingerprint density at radius 3 is 2.55 bits per heavy atom. The quantitative estimate of drug-likeness (QED) is 0.813. The van der Waals surface area contributed by atoms with E-state index in [1.807, 2.05) is 31.2 Å². The maximum Gasteiger partial charge on any atom is 0.224 e. The first-order chi connectivity index (χ1) is 10.5. The van der Waals surface area contributed by atoms with Gasteiger partial charge in [0, 0.05) is 28.6 Å². The molecule has 0 aliphatic heterocycles. The molecule has 0 radical (unpaired) electrons. The Morgan fingerprint density at radius 2 is 1.95 bits per heavy atom. The van der Waals surface area contributed by atoms with Crippen LogP contribution >= 0.6 is 11.3 Å². The Labute approximate surface area is 136 Å². The number of anilines is 2. The zero-order valence-corrected chi connectivity index (χ0v) is 14.4. The predicted molar refractivity (Wildman–Crippen MR) is 94.6 cm³/mol. The minimum Gasteiger partial charge on any atom is -0.359 e. The molecule has 1 heterocycles. The van der Waals surface area contributed by atoms with Crippen LogP contribution in [0.1, 0.15) is 38.5 Å². The van der Waals surface area contributed by atoms with E-state index in [2.05, 4.69) is 36.4 Å². The number of nitrogens with zero attached hydrogens (tertiary/aromatic N) is 1. The van der Waals surface area contributed by atoms with Gasteiger partial charge in [-0.1, -0.05) is 19.1 Å². The summed E-state index contributed by atoms with van der Waals surface area (Å²) >= 11 is 1.67. The molecule has 0 bridgehead atoms. The minimum atomic E-state index is 0.0588. The lowest BCUT2D eigenvalue weighted by atomic mass is 10.1. The highest BCUT2D eigenvalue weighted by atomic mass is 32.1. The molecule has 0 spiro atoms. The van der Waals surface area contributed by atoms with Gasteiger partial charge in [0.15, 0.2) is 5.13 Å². The van der Waals surface area contributed by atoms with Crippen LogP contribution < -0.4 is 10.6 Å². The van der Waals surface area contributed by atoms with Gasteiger partial charge in [-0.3, -0.25) is 4.79 Å². The van der Waals surface area contributed by atoms with Gasteiger partial charge in [-0.15, -0.1) is 11.3 Å². The van der Waals surface area contributed by atoms with E-state index < -0.39 is 0 Å². The molecule has 0 saturated carbocycles. The number of aryl methyl sites for hydroxylation is 1. The largest absolute Gasteiger partial charge is 0.359 e. The lowest BCUT2D eigenvalue weighted by Crippen LogP contribution is -2.10. The number of carbonyl (C=O) groups is 1. The first-order valence-corrected chi connectivity index (χ1v) is 8.45. The summed E-state index contributed by atoms with van der Waals surface area (Å²) in [6, 6.07) is 8.23. The SMILES string of the molecule is CCCC(=O)Nc1ccc(-c2nc(NC(C)C)sc2C)cc1. The fourth-order valence-electron chi connectivity index (χ4n) is 2.13. The second-order valence-corrected chi connectivity index (χ2v) is 6.80. The normalized spacial score (nSPS) is 10.8. The van der Waals surface area contributed by atoms with E-state index in [4.69, 9.17) is 0 Å². The van der Waals surface area contributed by atoms with E-state index in [1.54, 1.807) is 11.3 Å². The Hall–Kier alpha value is -1.88. The zero-order valence-electron chi connectivity index (χ0n) is 13.6. The summed E-state index contributed by atoms with van der Waals surface area (Å²) in [5, 5.41) is 7.18. The topological polar surface area (TPSA) is 54.0 Å². The number of thiazole rings is 1. The molecule has 0 fully saturated rings. The van der Waals surface area contributed by atoms with Gasteiger partial charge in [0.25, 0.3) is 0 Å². The molecule has 2 aromatic rings. The standard InChI is InChI=1S/C17H23N3OS/c1-5-6-15(21)19-14-9-7-13(8-10-14)16-12(4)22-17(20-16)18-11(2)3/h7-11H,5-6H2,1-4H3,(H,18,20)(H,19,21). The Morgan fingerprint density at radius 1 is 1.27 bits per heavy atom. The number of amides is 1. The maximum absolute atomic E-state index is 11.6. The lowest BCUT2D eigenvalue weighted by Gasteiger charge is -2.06. The van der Waals surface area contributed by atoms with Crippen LogP contribution in [0.2, 0.25) is 0 Å². The highest BCUT2D eigenvalue weighted by molar-refractivity contribution is 7.16. The molecule has 0 atom stereocenters. The monoisotopic (exact) mass is 317 g/mol. The highest BCUT2D eigenvalue weighted by Gasteiger charge is 2.10. The van der Waals surface area contributed by atoms with Crippen molar-refractivity contribution in [2.75, 3.05) is 10.6 Å². The smallest absolute Gasteiger partial charge is 0.224 e. The molecule has 2 rings (SSSR count). The Balaban J connectivity index is 2.13. The molecule has 1 amide bonds. The van der Waals surface area contributed by atoms with Gasteiger partial charge in [-0.05, 0) is 39.3 Å². The Bertz CT molecular complexity index is 632. The van der Waals surface area contributed by atoms with E-state index in [1.165, 1.54) is 4.88 Å². The highest BCUT2D eigenvalue weighted by Crippen LogP contribution is 2.31. The molecule has 22 heavy (non-hydrogen) atoms. The van der Waals surface area contributed by atoms with Crippen LogP contribution in [-0.4, -0.2) is 16.9 Å². The van der Waals surface area contributed by atoms with E-state index >= 15 is 0 Å². The van der Waals surface area contributed by atoms with Crippen molar-refractivity contribution in [2.45, 2.75) is 46.6 Å². The summed E-state index contributed by atoms with van der Waals surface area (Å²) in [6.45, 7) is 8.28. The lowest BCUT2D eigenvalue weighted by molar-refractivity contribution is -0.116. The third kappa shape index (κ3) is 4.31. The second-order valence-electron chi connectivity index (χ2n) is 5.60. The molecule has 1 aromatic carbocycles. The average Bonchev–Trinajstić information content (AvgIpc) is 2.79. The first kappa shape index (κ1) is 16.5. The van der Waals surface area contributed by atoms with Gasteiger partial charge < -0.3 is 10.6 Å². The number of aromatic nitrogens is 1. The van der Waals surface area contributed by atoms with Gasteiger partial charge in [-0.2, -0.15) is 0 Å². The molecular weight excluding hydrogens is 294 g/mol. The minimum absolute atomic E-state index is 0.0588. The molecule has 2 N–H and O–H groups in total. The van der Waals surface area contributed by atoms with E-state index in [0.717, 1.165) is 28.5 Å². The van der Waals surface area contributed by atoms with Gasteiger partial charge in [0.2, 0.25) is 5.91 Å². The van der Waals surface area contributed by atoms with Crippen LogP contribution in [-0.2, 0) is 4.79 Å². The summed E-state index contributed by atoms with van der Waals surface area (Å²) in [5.41, 5.74) is 2.90. The van der Waals surface area contributed by atoms with Gasteiger partial charge >= 0.3 is 0 Å². The molecule has 0 saturated heterocycles. The molecule has 5 heteroatoms. The van der Waals surface area contributed by atoms with Crippen molar-refractivity contribution >= 4 is 28.1 Å². The molecule has 0 unspecified atom stereocenters. The van der Waals surface area contributed by atoms with Crippen molar-refractivity contribution < 1.29 is 4.79 Å². The zero-order chi connectivity index (χ0) is 16.1. The summed E-state index contributed by atoms with van der Waals surface area (Å²) in [5.74, 6) is 0.0588. The molecule has 4 nitrogen and oxygen atoms in total. The van der Waals surface area contributed by atoms with Crippen molar-refractivity contribution in [3.8, 4) is 11.3 Å². The fraction of sp³-hybridized carbons (Fsp3) is 0.412. The van der Waals surface area contributed by atoms with E-state index in [9.17, 15) is 4.79 Å². The van der Waals surface area contributed by atoms with Crippen molar-refractivity contribution in [1.82, 2.24) is 4.98 Å². The summed E-state index contributed by atoms with van der Waals surface area (Å²) < 4.78 is 0. The maximum atomic E-state index is 11.6. The van der Waals surface area contributed by atoms with Gasteiger partial charge in [-0.25, -0.2) is 4.98 Å². The van der Waals surface area contributed by atoms with Crippen LogP contribution in [0, 0.1) is 6.92 Å². The van der Waals surface area contributed by atoms with Gasteiger partial charge in [0.05, 0.1) is 5.69 Å². The fourth-order valence-corrected chi connectivity index (χ4v) is 3.12. The number of hydrogen-bond donors (Lipinski definition) is 2. The van der Waals surface area contributed by atoms with Crippen LogP contribution in [0.5, 0.6) is 0 Å². The third-order valence-corrected chi connectivity index (χ3v) is 4.03. The van der Waals surface area contributed by atoms with Crippen LogP contribution in [0.3, 0.4) is 0 Å². The number of nitrogens with one attached hydrogen (secondary N) is 2. The van der Waals surface area contributed by atoms with E-state index in [0.29, 0.717) is 12.5 Å². The van der Waals surface area contributed by atoms with E-state index in [-0.39, 0.29) is 5.91 Å².